The van der Waals surface area contributed by atoms with Gasteiger partial charge in [-0.2, -0.15) is 0 Å². The minimum Gasteiger partial charge on any atom is -0.293 e. The first-order chi connectivity index (χ1) is 19.1. The van der Waals surface area contributed by atoms with Crippen LogP contribution in [0.4, 0.5) is 0 Å². The molecule has 198 valence electrons. The number of fused-ring (bicyclic) bond motifs is 6. The molecule has 0 saturated heterocycles. The van der Waals surface area contributed by atoms with Crippen LogP contribution < -0.4 is 0 Å². The zero-order valence-corrected chi connectivity index (χ0v) is 23.9. The lowest BCUT2D eigenvalue weighted by Crippen LogP contribution is -2.11. The van der Waals surface area contributed by atoms with E-state index in [4.69, 9.17) is 15.0 Å². The van der Waals surface area contributed by atoms with E-state index in [1.165, 1.54) is 11.1 Å². The standard InChI is InChI=1S/C35H33N5/c1-34(2,3)22-13-17-24(18-14-22)39-27-11-8-7-10-26(27)29-32(39)38-31-30-28(12-9-21-36-30)40(33(31)37-29)25-19-15-23(16-20-25)35(4,5)6/h7-21H,1-6H3. The average molecular weight is 524 g/mol. The van der Waals surface area contributed by atoms with Crippen LogP contribution in [0.25, 0.3) is 55.6 Å². The molecule has 7 rings (SSSR count). The summed E-state index contributed by atoms with van der Waals surface area (Å²) in [4.78, 5) is 15.4. The van der Waals surface area contributed by atoms with Gasteiger partial charge in [0.2, 0.25) is 0 Å². The van der Waals surface area contributed by atoms with Gasteiger partial charge in [0.15, 0.2) is 11.3 Å². The van der Waals surface area contributed by atoms with E-state index in [0.29, 0.717) is 0 Å². The Balaban J connectivity index is 1.54. The first-order valence-corrected chi connectivity index (χ1v) is 13.9. The van der Waals surface area contributed by atoms with Crippen LogP contribution in [0.5, 0.6) is 0 Å². The Morgan fingerprint density at radius 2 is 1.00 bits per heavy atom. The van der Waals surface area contributed by atoms with Gasteiger partial charge in [0.1, 0.15) is 16.6 Å². The summed E-state index contributed by atoms with van der Waals surface area (Å²) in [5, 5.41) is 1.08. The van der Waals surface area contributed by atoms with Crippen molar-refractivity contribution in [3.05, 3.63) is 102 Å². The molecule has 0 aliphatic rings. The summed E-state index contributed by atoms with van der Waals surface area (Å²) >= 11 is 0. The van der Waals surface area contributed by atoms with Gasteiger partial charge in [-0.05, 0) is 64.4 Å². The van der Waals surface area contributed by atoms with Gasteiger partial charge in [-0.3, -0.25) is 14.1 Å². The number of nitrogens with zero attached hydrogens (tertiary/aromatic N) is 5. The number of aromatic nitrogens is 5. The number of benzene rings is 3. The van der Waals surface area contributed by atoms with Crippen molar-refractivity contribution in [2.45, 2.75) is 52.4 Å². The molecule has 3 aromatic carbocycles. The SMILES string of the molecule is CC(C)(C)c1ccc(-n2c3ccccc3c3nc4c(nc32)c2ncccc2n4-c2ccc(C(C)(C)C)cc2)cc1. The molecular formula is C35H33N5. The Kier molecular flexibility index (Phi) is 5.21. The molecule has 0 radical (unpaired) electrons. The Hall–Kier alpha value is -4.51. The van der Waals surface area contributed by atoms with Crippen molar-refractivity contribution in [1.82, 2.24) is 24.1 Å². The van der Waals surface area contributed by atoms with Crippen LogP contribution in [0, 0.1) is 0 Å². The van der Waals surface area contributed by atoms with Crippen LogP contribution in [0.3, 0.4) is 0 Å². The molecule has 5 heteroatoms. The second-order valence-corrected chi connectivity index (χ2v) is 12.7. The number of hydrogen-bond acceptors (Lipinski definition) is 3. The average Bonchev–Trinajstić information content (AvgIpc) is 3.43. The van der Waals surface area contributed by atoms with Crippen LogP contribution in [0.1, 0.15) is 52.7 Å². The molecule has 0 unspecified atom stereocenters. The highest BCUT2D eigenvalue weighted by Gasteiger charge is 2.22. The van der Waals surface area contributed by atoms with Crippen LogP contribution in [0.2, 0.25) is 0 Å². The van der Waals surface area contributed by atoms with E-state index < -0.39 is 0 Å². The highest BCUT2D eigenvalue weighted by molar-refractivity contribution is 6.11. The van der Waals surface area contributed by atoms with Crippen LogP contribution in [-0.2, 0) is 10.8 Å². The molecule has 4 aromatic heterocycles. The molecule has 5 nitrogen and oxygen atoms in total. The monoisotopic (exact) mass is 523 g/mol. The van der Waals surface area contributed by atoms with E-state index in [1.807, 2.05) is 12.3 Å². The third-order valence-corrected chi connectivity index (χ3v) is 7.92. The third kappa shape index (κ3) is 3.72. The number of para-hydroxylation sites is 1. The molecule has 0 spiro atoms. The maximum Gasteiger partial charge on any atom is 0.166 e. The molecule has 0 saturated carbocycles. The first kappa shape index (κ1) is 24.5. The molecule has 0 fully saturated rings. The van der Waals surface area contributed by atoms with Crippen molar-refractivity contribution in [2.75, 3.05) is 0 Å². The summed E-state index contributed by atoms with van der Waals surface area (Å²) in [7, 11) is 0. The molecule has 4 heterocycles. The van der Waals surface area contributed by atoms with Gasteiger partial charge in [0.05, 0.1) is 11.0 Å². The minimum absolute atomic E-state index is 0.0831. The first-order valence-electron chi connectivity index (χ1n) is 13.9. The number of rotatable bonds is 2. The van der Waals surface area contributed by atoms with Crippen molar-refractivity contribution in [2.24, 2.45) is 0 Å². The van der Waals surface area contributed by atoms with E-state index in [2.05, 4.69) is 130 Å². The second-order valence-electron chi connectivity index (χ2n) is 12.7. The molecule has 0 aliphatic carbocycles. The normalized spacial score (nSPS) is 12.8. The van der Waals surface area contributed by atoms with Crippen molar-refractivity contribution < 1.29 is 0 Å². The highest BCUT2D eigenvalue weighted by atomic mass is 15.1. The fourth-order valence-corrected chi connectivity index (χ4v) is 5.67. The zero-order chi connectivity index (χ0) is 27.8. The van der Waals surface area contributed by atoms with Crippen LogP contribution >= 0.6 is 0 Å². The number of hydrogen-bond donors (Lipinski definition) is 0. The molecular weight excluding hydrogens is 490 g/mol. The molecule has 0 N–H and O–H groups in total. The lowest BCUT2D eigenvalue weighted by atomic mass is 9.87. The Morgan fingerprint density at radius 3 is 1.60 bits per heavy atom. The smallest absolute Gasteiger partial charge is 0.166 e. The maximum atomic E-state index is 5.33. The predicted molar refractivity (Wildman–Crippen MR) is 166 cm³/mol. The fourth-order valence-electron chi connectivity index (χ4n) is 5.67. The second kappa shape index (κ2) is 8.49. The largest absolute Gasteiger partial charge is 0.293 e. The quantitative estimate of drug-likeness (QED) is 0.228. The van der Waals surface area contributed by atoms with Crippen molar-refractivity contribution >= 4 is 44.3 Å². The molecule has 7 aromatic rings. The summed E-state index contributed by atoms with van der Waals surface area (Å²) in [5.41, 5.74) is 11.2. The van der Waals surface area contributed by atoms with Gasteiger partial charge in [0, 0.05) is 23.0 Å². The van der Waals surface area contributed by atoms with Gasteiger partial charge in [-0.1, -0.05) is 84.0 Å². The molecule has 0 amide bonds. The Morgan fingerprint density at radius 1 is 0.500 bits per heavy atom. The van der Waals surface area contributed by atoms with E-state index >= 15 is 0 Å². The van der Waals surface area contributed by atoms with Gasteiger partial charge in [-0.25, -0.2) is 9.97 Å². The van der Waals surface area contributed by atoms with E-state index in [-0.39, 0.29) is 10.8 Å². The fraction of sp³-hybridized carbons (Fsp3) is 0.229. The Bertz CT molecular complexity index is 1890. The zero-order valence-electron chi connectivity index (χ0n) is 23.9. The van der Waals surface area contributed by atoms with Gasteiger partial charge in [-0.15, -0.1) is 0 Å². The van der Waals surface area contributed by atoms with E-state index in [9.17, 15) is 0 Å². The Labute approximate surface area is 234 Å². The van der Waals surface area contributed by atoms with Gasteiger partial charge in [0.25, 0.3) is 0 Å². The van der Waals surface area contributed by atoms with Gasteiger partial charge >= 0.3 is 0 Å². The third-order valence-electron chi connectivity index (χ3n) is 7.92. The number of pyridine rings is 1. The summed E-state index contributed by atoms with van der Waals surface area (Å²) in [5.74, 6) is 0. The molecule has 40 heavy (non-hydrogen) atoms. The van der Waals surface area contributed by atoms with Crippen molar-refractivity contribution in [3.63, 3.8) is 0 Å². The lowest BCUT2D eigenvalue weighted by molar-refractivity contribution is 0.590. The van der Waals surface area contributed by atoms with E-state index in [1.54, 1.807) is 0 Å². The van der Waals surface area contributed by atoms with Crippen molar-refractivity contribution in [1.29, 1.82) is 0 Å². The van der Waals surface area contributed by atoms with Crippen LogP contribution in [-0.4, -0.2) is 24.1 Å². The minimum atomic E-state index is 0.0831. The highest BCUT2D eigenvalue weighted by Crippen LogP contribution is 2.36. The van der Waals surface area contributed by atoms with Crippen molar-refractivity contribution in [3.8, 4) is 11.4 Å². The summed E-state index contributed by atoms with van der Waals surface area (Å²) < 4.78 is 4.43. The maximum absolute atomic E-state index is 5.33. The molecule has 0 aliphatic heterocycles. The van der Waals surface area contributed by atoms with Gasteiger partial charge < -0.3 is 0 Å². The van der Waals surface area contributed by atoms with E-state index in [0.717, 1.165) is 55.6 Å². The topological polar surface area (TPSA) is 48.5 Å². The summed E-state index contributed by atoms with van der Waals surface area (Å²) in [6.45, 7) is 13.4. The summed E-state index contributed by atoms with van der Waals surface area (Å²) in [6.07, 6.45) is 1.83. The van der Waals surface area contributed by atoms with Crippen LogP contribution in [0.15, 0.2) is 91.1 Å². The molecule has 0 atom stereocenters. The predicted octanol–water partition coefficient (Wildman–Crippen LogP) is 8.66. The molecule has 0 bridgehead atoms. The summed E-state index contributed by atoms with van der Waals surface area (Å²) in [6, 6.07) is 30.1. The lowest BCUT2D eigenvalue weighted by Gasteiger charge is -2.19.